The van der Waals surface area contributed by atoms with E-state index in [1.54, 1.807) is 0 Å². The maximum Gasteiger partial charge on any atom is 0.171 e. The highest BCUT2D eigenvalue weighted by Crippen LogP contribution is 2.63. The summed E-state index contributed by atoms with van der Waals surface area (Å²) in [5, 5.41) is 3.01. The smallest absolute Gasteiger partial charge is 0.171 e. The van der Waals surface area contributed by atoms with Crippen LogP contribution in [-0.4, -0.2) is 0 Å². The molecule has 0 bridgehead atoms. The lowest BCUT2D eigenvalue weighted by Crippen LogP contribution is -2.13. The van der Waals surface area contributed by atoms with Crippen LogP contribution in [0.1, 0.15) is 18.4 Å². The van der Waals surface area contributed by atoms with Gasteiger partial charge in [-0.25, -0.2) is 0 Å². The molecule has 1 atom stereocenters. The second-order valence-corrected chi connectivity index (χ2v) is 7.95. The van der Waals surface area contributed by atoms with Crippen molar-refractivity contribution in [1.29, 1.82) is 0 Å². The summed E-state index contributed by atoms with van der Waals surface area (Å²) in [5.74, 6) is 0. The average Bonchev–Trinajstić information content (AvgIpc) is 2.80. The predicted octanol–water partition coefficient (Wildman–Crippen LogP) is 4.08. The van der Waals surface area contributed by atoms with E-state index in [1.165, 1.54) is 5.57 Å². The second-order valence-electron chi connectivity index (χ2n) is 5.25. The van der Waals surface area contributed by atoms with E-state index in [4.69, 9.17) is 0 Å². The van der Waals surface area contributed by atoms with Crippen LogP contribution in [0, 0.1) is 0 Å². The van der Waals surface area contributed by atoms with Gasteiger partial charge in [-0.05, 0) is 24.0 Å². The van der Waals surface area contributed by atoms with Gasteiger partial charge in [0.25, 0.3) is 0 Å². The molecule has 2 aromatic carbocycles. The third-order valence-corrected chi connectivity index (χ3v) is 7.32. The SMILES string of the molecule is O=P1(c2ccccc2)C2=CCCC=C2c2ccccc21. The lowest BCUT2D eigenvalue weighted by molar-refractivity contribution is 0.591. The monoisotopic (exact) mass is 278 g/mol. The summed E-state index contributed by atoms with van der Waals surface area (Å²) in [5.41, 5.74) is 2.35. The molecule has 1 nitrogen and oxygen atoms in total. The summed E-state index contributed by atoms with van der Waals surface area (Å²) >= 11 is 0. The molecule has 2 heteroatoms. The van der Waals surface area contributed by atoms with Crippen LogP contribution in [0.25, 0.3) is 5.57 Å². The van der Waals surface area contributed by atoms with E-state index in [2.05, 4.69) is 18.2 Å². The van der Waals surface area contributed by atoms with Gasteiger partial charge >= 0.3 is 0 Å². The Labute approximate surface area is 119 Å². The lowest BCUT2D eigenvalue weighted by Gasteiger charge is -2.17. The number of allylic oxidation sites excluding steroid dienone is 4. The van der Waals surface area contributed by atoms with E-state index < -0.39 is 7.14 Å². The van der Waals surface area contributed by atoms with Crippen molar-refractivity contribution >= 4 is 23.3 Å². The van der Waals surface area contributed by atoms with Gasteiger partial charge in [0, 0.05) is 15.9 Å². The first-order chi connectivity index (χ1) is 9.82. The van der Waals surface area contributed by atoms with Crippen molar-refractivity contribution in [3.8, 4) is 0 Å². The summed E-state index contributed by atoms with van der Waals surface area (Å²) in [7, 11) is -2.65. The molecule has 98 valence electrons. The van der Waals surface area contributed by atoms with Crippen molar-refractivity contribution in [2.24, 2.45) is 0 Å². The van der Waals surface area contributed by atoms with Crippen LogP contribution >= 0.6 is 7.14 Å². The van der Waals surface area contributed by atoms with Gasteiger partial charge in [-0.15, -0.1) is 0 Å². The molecule has 4 rings (SSSR count). The van der Waals surface area contributed by atoms with Crippen molar-refractivity contribution in [3.05, 3.63) is 77.6 Å². The first kappa shape index (κ1) is 11.9. The van der Waals surface area contributed by atoms with Crippen molar-refractivity contribution in [1.82, 2.24) is 0 Å². The number of benzene rings is 2. The van der Waals surface area contributed by atoms with Gasteiger partial charge in [0.05, 0.1) is 0 Å². The summed E-state index contributed by atoms with van der Waals surface area (Å²) < 4.78 is 13.9. The minimum Gasteiger partial charge on any atom is -0.309 e. The topological polar surface area (TPSA) is 17.1 Å². The summed E-state index contributed by atoms with van der Waals surface area (Å²) in [6.07, 6.45) is 6.46. The van der Waals surface area contributed by atoms with Crippen LogP contribution in [0.3, 0.4) is 0 Å². The van der Waals surface area contributed by atoms with E-state index in [9.17, 15) is 4.57 Å². The first-order valence-corrected chi connectivity index (χ1v) is 8.69. The molecule has 0 fully saturated rings. The Morgan fingerprint density at radius 2 is 1.50 bits per heavy atom. The fourth-order valence-corrected chi connectivity index (χ4v) is 6.41. The highest BCUT2D eigenvalue weighted by atomic mass is 31.2. The Kier molecular flexibility index (Phi) is 2.58. The van der Waals surface area contributed by atoms with E-state index in [0.717, 1.165) is 34.3 Å². The molecule has 0 amide bonds. The first-order valence-electron chi connectivity index (χ1n) is 6.99. The van der Waals surface area contributed by atoms with Gasteiger partial charge in [0.2, 0.25) is 0 Å². The van der Waals surface area contributed by atoms with Gasteiger partial charge in [-0.3, -0.25) is 0 Å². The third-order valence-electron chi connectivity index (χ3n) is 4.12. The minimum absolute atomic E-state index is 0.948. The zero-order chi connectivity index (χ0) is 13.6. The fourth-order valence-electron chi connectivity index (χ4n) is 3.23. The van der Waals surface area contributed by atoms with Crippen LogP contribution in [0.4, 0.5) is 0 Å². The molecule has 0 aromatic heterocycles. The second kappa shape index (κ2) is 4.33. The van der Waals surface area contributed by atoms with Crippen LogP contribution in [-0.2, 0) is 4.57 Å². The zero-order valence-electron chi connectivity index (χ0n) is 11.1. The maximum atomic E-state index is 13.9. The van der Waals surface area contributed by atoms with Gasteiger partial charge in [0.15, 0.2) is 7.14 Å². The largest absolute Gasteiger partial charge is 0.309 e. The van der Waals surface area contributed by atoms with E-state index in [1.807, 2.05) is 48.5 Å². The summed E-state index contributed by atoms with van der Waals surface area (Å²) in [6, 6.07) is 18.1. The van der Waals surface area contributed by atoms with Crippen LogP contribution in [0.5, 0.6) is 0 Å². The third kappa shape index (κ3) is 1.47. The Hall–Kier alpha value is -1.85. The Bertz CT molecular complexity index is 784. The molecule has 1 aliphatic heterocycles. The Balaban J connectivity index is 2.07. The molecular weight excluding hydrogens is 263 g/mol. The predicted molar refractivity (Wildman–Crippen MR) is 85.1 cm³/mol. The van der Waals surface area contributed by atoms with Gasteiger partial charge in [0.1, 0.15) is 0 Å². The molecule has 0 N–H and O–H groups in total. The molecule has 2 aromatic rings. The van der Waals surface area contributed by atoms with Crippen molar-refractivity contribution in [2.45, 2.75) is 12.8 Å². The maximum absolute atomic E-state index is 13.9. The van der Waals surface area contributed by atoms with Crippen LogP contribution in [0.15, 0.2) is 72.1 Å². The Morgan fingerprint density at radius 3 is 2.35 bits per heavy atom. The van der Waals surface area contributed by atoms with E-state index in [0.29, 0.717) is 0 Å². The number of fused-ring (bicyclic) bond motifs is 3. The van der Waals surface area contributed by atoms with E-state index >= 15 is 0 Å². The summed E-state index contributed by atoms with van der Waals surface area (Å²) in [4.78, 5) is 0. The lowest BCUT2D eigenvalue weighted by atomic mass is 10.00. The standard InChI is InChI=1S/C18H15OP/c19-20(14-8-2-1-3-9-14)17-12-6-4-10-15(17)16-11-5-7-13-18(16)20/h1-4,6,8-13H,5,7H2. The highest BCUT2D eigenvalue weighted by Gasteiger charge is 2.42. The molecule has 1 heterocycles. The van der Waals surface area contributed by atoms with Crippen molar-refractivity contribution < 1.29 is 4.57 Å². The van der Waals surface area contributed by atoms with Crippen LogP contribution in [0.2, 0.25) is 0 Å². The molecule has 0 saturated heterocycles. The zero-order valence-corrected chi connectivity index (χ0v) is 12.0. The van der Waals surface area contributed by atoms with Gasteiger partial charge in [-0.1, -0.05) is 66.7 Å². The molecule has 1 unspecified atom stereocenters. The van der Waals surface area contributed by atoms with E-state index in [-0.39, 0.29) is 0 Å². The quantitative estimate of drug-likeness (QED) is 0.718. The van der Waals surface area contributed by atoms with Gasteiger partial charge < -0.3 is 4.57 Å². The summed E-state index contributed by atoms with van der Waals surface area (Å²) in [6.45, 7) is 0. The van der Waals surface area contributed by atoms with Crippen LogP contribution < -0.4 is 10.6 Å². The molecular formula is C18H15OP. The fraction of sp³-hybridized carbons (Fsp3) is 0.111. The molecule has 20 heavy (non-hydrogen) atoms. The minimum atomic E-state index is -2.65. The molecule has 1 aliphatic carbocycles. The van der Waals surface area contributed by atoms with Crippen molar-refractivity contribution in [2.75, 3.05) is 0 Å². The van der Waals surface area contributed by atoms with Crippen molar-refractivity contribution in [3.63, 3.8) is 0 Å². The number of rotatable bonds is 1. The highest BCUT2D eigenvalue weighted by molar-refractivity contribution is 7.83. The van der Waals surface area contributed by atoms with Gasteiger partial charge in [-0.2, -0.15) is 0 Å². The Morgan fingerprint density at radius 1 is 0.800 bits per heavy atom. The number of hydrogen-bond donors (Lipinski definition) is 0. The molecule has 0 spiro atoms. The average molecular weight is 278 g/mol. The normalized spacial score (nSPS) is 23.6. The number of hydrogen-bond acceptors (Lipinski definition) is 1. The molecule has 0 saturated carbocycles. The molecule has 0 radical (unpaired) electrons. The molecule has 2 aliphatic rings.